The largest absolute Gasteiger partial charge is 0.481 e. The molecule has 1 heterocycles. The molecule has 0 fully saturated rings. The van der Waals surface area contributed by atoms with E-state index in [1.165, 1.54) is 11.8 Å². The van der Waals surface area contributed by atoms with E-state index < -0.39 is 5.97 Å². The highest BCUT2D eigenvalue weighted by atomic mass is 32.2. The van der Waals surface area contributed by atoms with Crippen LogP contribution in [-0.4, -0.2) is 44.6 Å². The van der Waals surface area contributed by atoms with Crippen molar-refractivity contribution in [3.8, 4) is 0 Å². The predicted molar refractivity (Wildman–Crippen MR) is 66.6 cm³/mol. The quantitative estimate of drug-likeness (QED) is 0.710. The lowest BCUT2D eigenvalue weighted by Gasteiger charge is -2.02. The molecule has 1 aromatic heterocycles. The number of nitrogens with zero attached hydrogens (tertiary/aromatic N) is 2. The summed E-state index contributed by atoms with van der Waals surface area (Å²) >= 11 is 2.35. The van der Waals surface area contributed by atoms with Crippen molar-refractivity contribution in [2.24, 2.45) is 0 Å². The van der Waals surface area contributed by atoms with Gasteiger partial charge in [-0.2, -0.15) is 0 Å². The van der Waals surface area contributed by atoms with Crippen LogP contribution in [0.5, 0.6) is 0 Å². The molecule has 8 heteroatoms. The first-order chi connectivity index (χ1) is 8.15. The Balaban J connectivity index is 2.28. The van der Waals surface area contributed by atoms with Crippen LogP contribution in [-0.2, 0) is 11.2 Å². The van der Waals surface area contributed by atoms with Crippen LogP contribution >= 0.6 is 23.3 Å². The molecule has 0 atom stereocenters. The molecule has 2 N–H and O–H groups in total. The number of nitrogens with one attached hydrogen (secondary N) is 1. The summed E-state index contributed by atoms with van der Waals surface area (Å²) in [4.78, 5) is 22.5. The van der Waals surface area contributed by atoms with Crippen LogP contribution in [0.4, 0.5) is 0 Å². The van der Waals surface area contributed by atoms with Gasteiger partial charge in [-0.15, -0.1) is 16.9 Å². The average Bonchev–Trinajstić information content (AvgIpc) is 2.75. The van der Waals surface area contributed by atoms with Crippen LogP contribution in [0.15, 0.2) is 0 Å². The molecule has 1 aromatic rings. The number of carboxylic acids is 1. The van der Waals surface area contributed by atoms with E-state index in [-0.39, 0.29) is 11.7 Å². The third kappa shape index (κ3) is 4.70. The minimum atomic E-state index is -0.846. The molecule has 1 amide bonds. The van der Waals surface area contributed by atoms with Crippen molar-refractivity contribution in [3.05, 3.63) is 10.6 Å². The Morgan fingerprint density at radius 1 is 1.53 bits per heavy atom. The van der Waals surface area contributed by atoms with Crippen molar-refractivity contribution >= 4 is 35.2 Å². The monoisotopic (exact) mass is 275 g/mol. The van der Waals surface area contributed by atoms with E-state index in [0.717, 1.165) is 11.5 Å². The van der Waals surface area contributed by atoms with Crippen molar-refractivity contribution in [1.29, 1.82) is 0 Å². The molecule has 0 spiro atoms. The topological polar surface area (TPSA) is 92.2 Å². The first kappa shape index (κ1) is 13.9. The smallest absolute Gasteiger partial charge is 0.313 e. The second-order valence-corrected chi connectivity index (χ2v) is 4.96. The molecule has 1 rings (SSSR count). The zero-order valence-corrected chi connectivity index (χ0v) is 10.9. The molecule has 0 radical (unpaired) electrons. The van der Waals surface area contributed by atoms with E-state index in [4.69, 9.17) is 5.11 Å². The van der Waals surface area contributed by atoms with Crippen LogP contribution in [0.1, 0.15) is 22.3 Å². The molecule has 17 heavy (non-hydrogen) atoms. The minimum absolute atomic E-state index is 0.0538. The van der Waals surface area contributed by atoms with Crippen LogP contribution in [0.3, 0.4) is 0 Å². The van der Waals surface area contributed by atoms with Gasteiger partial charge in [-0.25, -0.2) is 0 Å². The standard InChI is InChI=1S/C9H13N3O3S2/c1-2-6-8(17-12-11-6)9(15)10-3-4-16-5-7(13)14/h2-5H2,1H3,(H,10,15)(H,13,14). The van der Waals surface area contributed by atoms with Gasteiger partial charge in [-0.1, -0.05) is 11.4 Å². The molecule has 0 unspecified atom stereocenters. The van der Waals surface area contributed by atoms with Gasteiger partial charge in [0.2, 0.25) is 0 Å². The Labute approximate surface area is 107 Å². The predicted octanol–water partition coefficient (Wildman–Crippen LogP) is 0.648. The summed E-state index contributed by atoms with van der Waals surface area (Å²) in [6.45, 7) is 2.36. The summed E-state index contributed by atoms with van der Waals surface area (Å²) in [5, 5.41) is 15.0. The van der Waals surface area contributed by atoms with E-state index in [2.05, 4.69) is 14.9 Å². The van der Waals surface area contributed by atoms with E-state index >= 15 is 0 Å². The fourth-order valence-corrected chi connectivity index (χ4v) is 2.32. The second-order valence-electron chi connectivity index (χ2n) is 3.10. The molecule has 94 valence electrons. The van der Waals surface area contributed by atoms with E-state index in [0.29, 0.717) is 29.3 Å². The zero-order chi connectivity index (χ0) is 12.7. The van der Waals surface area contributed by atoms with Crippen molar-refractivity contribution in [3.63, 3.8) is 0 Å². The van der Waals surface area contributed by atoms with Gasteiger partial charge in [-0.3, -0.25) is 9.59 Å². The number of hydrogen-bond donors (Lipinski definition) is 2. The van der Waals surface area contributed by atoms with Crippen molar-refractivity contribution < 1.29 is 14.7 Å². The SMILES string of the molecule is CCc1nnsc1C(=O)NCCSCC(=O)O. The van der Waals surface area contributed by atoms with Crippen molar-refractivity contribution in [2.75, 3.05) is 18.1 Å². The molecule has 0 saturated carbocycles. The lowest BCUT2D eigenvalue weighted by atomic mass is 10.3. The highest BCUT2D eigenvalue weighted by Crippen LogP contribution is 2.10. The Morgan fingerprint density at radius 2 is 2.29 bits per heavy atom. The maximum atomic E-state index is 11.7. The molecule has 0 aliphatic heterocycles. The summed E-state index contributed by atoms with van der Waals surface area (Å²) < 4.78 is 3.73. The van der Waals surface area contributed by atoms with E-state index in [9.17, 15) is 9.59 Å². The molecule has 0 aromatic carbocycles. The highest BCUT2D eigenvalue weighted by molar-refractivity contribution is 7.99. The number of carbonyl (C=O) groups excluding carboxylic acids is 1. The van der Waals surface area contributed by atoms with Gasteiger partial charge >= 0.3 is 5.97 Å². The van der Waals surface area contributed by atoms with Crippen molar-refractivity contribution in [2.45, 2.75) is 13.3 Å². The number of amides is 1. The third-order valence-electron chi connectivity index (χ3n) is 1.85. The summed E-state index contributed by atoms with van der Waals surface area (Å²) in [5.41, 5.74) is 0.700. The van der Waals surface area contributed by atoms with Gasteiger partial charge in [0.1, 0.15) is 4.88 Å². The van der Waals surface area contributed by atoms with Gasteiger partial charge in [0, 0.05) is 12.3 Å². The van der Waals surface area contributed by atoms with Gasteiger partial charge in [0.05, 0.1) is 11.4 Å². The first-order valence-electron chi connectivity index (χ1n) is 5.04. The van der Waals surface area contributed by atoms with Crippen LogP contribution < -0.4 is 5.32 Å². The summed E-state index contributed by atoms with van der Waals surface area (Å²) in [7, 11) is 0. The zero-order valence-electron chi connectivity index (χ0n) is 9.30. The van der Waals surface area contributed by atoms with Crippen LogP contribution in [0.2, 0.25) is 0 Å². The molecule has 0 aliphatic rings. The summed E-state index contributed by atoms with van der Waals surface area (Å²) in [6.07, 6.45) is 0.674. The Bertz CT molecular complexity index is 395. The Kier molecular flexibility index (Phi) is 5.92. The molecular formula is C9H13N3O3S2. The molecule has 0 aliphatic carbocycles. The average molecular weight is 275 g/mol. The van der Waals surface area contributed by atoms with Crippen LogP contribution in [0, 0.1) is 0 Å². The maximum absolute atomic E-state index is 11.7. The number of thioether (sulfide) groups is 1. The number of carboxylic acid groups (broad SMARTS) is 1. The maximum Gasteiger partial charge on any atom is 0.313 e. The number of aromatic nitrogens is 2. The number of hydrogen-bond acceptors (Lipinski definition) is 6. The number of rotatable bonds is 7. The van der Waals surface area contributed by atoms with E-state index in [1.54, 1.807) is 0 Å². The number of aryl methyl sites for hydroxylation is 1. The third-order valence-corrected chi connectivity index (χ3v) is 3.57. The van der Waals surface area contributed by atoms with Gasteiger partial charge in [0.25, 0.3) is 5.91 Å². The minimum Gasteiger partial charge on any atom is -0.481 e. The second kappa shape index (κ2) is 7.23. The normalized spacial score (nSPS) is 10.2. The fraction of sp³-hybridized carbons (Fsp3) is 0.556. The Morgan fingerprint density at radius 3 is 2.94 bits per heavy atom. The highest BCUT2D eigenvalue weighted by Gasteiger charge is 2.13. The molecule has 6 nitrogen and oxygen atoms in total. The lowest BCUT2D eigenvalue weighted by molar-refractivity contribution is -0.133. The van der Waals surface area contributed by atoms with Gasteiger partial charge in [-0.05, 0) is 18.0 Å². The van der Waals surface area contributed by atoms with E-state index in [1.807, 2.05) is 6.92 Å². The first-order valence-corrected chi connectivity index (χ1v) is 6.97. The Hall–Kier alpha value is -1.15. The number of carbonyl (C=O) groups is 2. The lowest BCUT2D eigenvalue weighted by Crippen LogP contribution is -2.26. The van der Waals surface area contributed by atoms with Gasteiger partial charge in [0.15, 0.2) is 0 Å². The van der Waals surface area contributed by atoms with Crippen molar-refractivity contribution in [1.82, 2.24) is 14.9 Å². The van der Waals surface area contributed by atoms with Crippen LogP contribution in [0.25, 0.3) is 0 Å². The molecular weight excluding hydrogens is 262 g/mol. The van der Waals surface area contributed by atoms with Gasteiger partial charge < -0.3 is 10.4 Å². The molecule has 0 saturated heterocycles. The fourth-order valence-electron chi connectivity index (χ4n) is 1.09. The summed E-state index contributed by atoms with van der Waals surface area (Å²) in [5.74, 6) is -0.404. The molecule has 0 bridgehead atoms. The summed E-state index contributed by atoms with van der Waals surface area (Å²) in [6, 6.07) is 0. The number of aliphatic carboxylic acids is 1.